The van der Waals surface area contributed by atoms with E-state index >= 15 is 0 Å². The lowest BCUT2D eigenvalue weighted by atomic mass is 9.98. The van der Waals surface area contributed by atoms with E-state index < -0.39 is 11.5 Å². The number of aromatic nitrogens is 2. The Bertz CT molecular complexity index is 750. The second-order valence-electron chi connectivity index (χ2n) is 6.01. The van der Waals surface area contributed by atoms with Gasteiger partial charge in [0.15, 0.2) is 5.16 Å². The molecule has 2 heterocycles. The molecule has 0 spiro atoms. The highest BCUT2D eigenvalue weighted by atomic mass is 32.2. The largest absolute Gasteiger partial charge is 0.469 e. The number of nitrogens with zero attached hydrogens (tertiary/aromatic N) is 2. The maximum atomic E-state index is 12.5. The zero-order valence-electron chi connectivity index (χ0n) is 15.4. The van der Waals surface area contributed by atoms with Gasteiger partial charge in [-0.3, -0.25) is 19.2 Å². The van der Waals surface area contributed by atoms with Crippen LogP contribution >= 0.6 is 11.8 Å². The van der Waals surface area contributed by atoms with Gasteiger partial charge in [-0.1, -0.05) is 11.8 Å². The Labute approximate surface area is 160 Å². The summed E-state index contributed by atoms with van der Waals surface area (Å²) in [6, 6.07) is 1.22. The topological polar surface area (TPSA) is 119 Å². The summed E-state index contributed by atoms with van der Waals surface area (Å²) in [5, 5.41) is 0.258. The molecule has 0 bridgehead atoms. The molecule has 1 atom stereocenters. The third-order valence-electron chi connectivity index (χ3n) is 4.05. The zero-order valence-corrected chi connectivity index (χ0v) is 16.2. The number of nitrogens with one attached hydrogen (secondary N) is 1. The van der Waals surface area contributed by atoms with Crippen LogP contribution in [0.1, 0.15) is 25.5 Å². The Balaban J connectivity index is 1.94. The molecule has 0 aromatic carbocycles. The number of esters is 2. The van der Waals surface area contributed by atoms with Crippen molar-refractivity contribution < 1.29 is 23.9 Å². The number of H-pyrrole nitrogens is 1. The normalized spacial score (nSPS) is 16.7. The van der Waals surface area contributed by atoms with E-state index in [2.05, 4.69) is 14.7 Å². The van der Waals surface area contributed by atoms with Crippen LogP contribution in [0, 0.1) is 5.92 Å². The first-order valence-corrected chi connectivity index (χ1v) is 9.65. The highest BCUT2D eigenvalue weighted by molar-refractivity contribution is 7.99. The van der Waals surface area contributed by atoms with Gasteiger partial charge in [0.2, 0.25) is 5.91 Å². The number of methoxy groups -OCH3 is 1. The third kappa shape index (κ3) is 6.38. The van der Waals surface area contributed by atoms with Crippen molar-refractivity contribution in [2.75, 3.05) is 32.6 Å². The summed E-state index contributed by atoms with van der Waals surface area (Å²) in [7, 11) is 1.26. The summed E-state index contributed by atoms with van der Waals surface area (Å²) in [6.07, 6.45) is 1.33. The van der Waals surface area contributed by atoms with Crippen LogP contribution in [0.3, 0.4) is 0 Å². The van der Waals surface area contributed by atoms with Crippen molar-refractivity contribution in [3.63, 3.8) is 0 Å². The standard InChI is InChI=1S/C17H23N3O6S/c1-3-26-16(24)11-5-4-6-20(9-11)14(22)10-27-17-18-12(7-13(21)19-17)8-15(23)25-2/h7,11H,3-6,8-10H2,1-2H3,(H,18,19,21)/t11-/m0/s1. The predicted molar refractivity (Wildman–Crippen MR) is 97.2 cm³/mol. The molecule has 1 aliphatic heterocycles. The van der Waals surface area contributed by atoms with Gasteiger partial charge >= 0.3 is 11.9 Å². The molecule has 0 radical (unpaired) electrons. The fourth-order valence-corrected chi connectivity index (χ4v) is 3.54. The van der Waals surface area contributed by atoms with Gasteiger partial charge in [-0.05, 0) is 19.8 Å². The van der Waals surface area contributed by atoms with Crippen molar-refractivity contribution in [2.45, 2.75) is 31.3 Å². The molecular weight excluding hydrogens is 374 g/mol. The van der Waals surface area contributed by atoms with E-state index in [4.69, 9.17) is 4.74 Å². The number of rotatable bonds is 7. The highest BCUT2D eigenvalue weighted by Gasteiger charge is 2.29. The van der Waals surface area contributed by atoms with E-state index in [1.165, 1.54) is 13.2 Å². The molecule has 1 aromatic rings. The Morgan fingerprint density at radius 2 is 2.19 bits per heavy atom. The molecule has 1 amide bonds. The number of piperidine rings is 1. The summed E-state index contributed by atoms with van der Waals surface area (Å²) < 4.78 is 9.60. The van der Waals surface area contributed by atoms with Crippen LogP contribution in [-0.4, -0.2) is 65.3 Å². The predicted octanol–water partition coefficient (Wildman–Crippen LogP) is 0.379. The fraction of sp³-hybridized carbons (Fsp3) is 0.588. The van der Waals surface area contributed by atoms with Gasteiger partial charge in [0.05, 0.1) is 37.5 Å². The van der Waals surface area contributed by atoms with E-state index in [1.54, 1.807) is 11.8 Å². The van der Waals surface area contributed by atoms with E-state index in [-0.39, 0.29) is 40.8 Å². The highest BCUT2D eigenvalue weighted by Crippen LogP contribution is 2.20. The van der Waals surface area contributed by atoms with Crippen LogP contribution in [-0.2, 0) is 30.3 Å². The van der Waals surface area contributed by atoms with Gasteiger partial charge in [-0.2, -0.15) is 0 Å². The molecule has 1 fully saturated rings. The van der Waals surface area contributed by atoms with Crippen LogP contribution in [0.4, 0.5) is 0 Å². The lowest BCUT2D eigenvalue weighted by molar-refractivity contribution is -0.151. The smallest absolute Gasteiger partial charge is 0.311 e. The van der Waals surface area contributed by atoms with E-state index in [0.29, 0.717) is 26.1 Å². The monoisotopic (exact) mass is 397 g/mol. The van der Waals surface area contributed by atoms with Crippen molar-refractivity contribution in [3.8, 4) is 0 Å². The van der Waals surface area contributed by atoms with Gasteiger partial charge < -0.3 is 19.4 Å². The number of thioether (sulfide) groups is 1. The molecule has 2 rings (SSSR count). The van der Waals surface area contributed by atoms with Gasteiger partial charge in [0.1, 0.15) is 0 Å². The lowest BCUT2D eigenvalue weighted by Gasteiger charge is -2.31. The van der Waals surface area contributed by atoms with Gasteiger partial charge in [0.25, 0.3) is 5.56 Å². The minimum atomic E-state index is -0.501. The van der Waals surface area contributed by atoms with Crippen molar-refractivity contribution in [1.29, 1.82) is 0 Å². The van der Waals surface area contributed by atoms with Crippen molar-refractivity contribution in [3.05, 3.63) is 22.1 Å². The quantitative estimate of drug-likeness (QED) is 0.398. The summed E-state index contributed by atoms with van der Waals surface area (Å²) in [4.78, 5) is 55.7. The molecule has 9 nitrogen and oxygen atoms in total. The average Bonchev–Trinajstić information content (AvgIpc) is 2.65. The van der Waals surface area contributed by atoms with Crippen molar-refractivity contribution in [1.82, 2.24) is 14.9 Å². The molecule has 0 saturated carbocycles. The summed E-state index contributed by atoms with van der Waals surface area (Å²) in [5.41, 5.74) is -0.125. The Morgan fingerprint density at radius 3 is 2.89 bits per heavy atom. The number of carbonyl (C=O) groups excluding carboxylic acids is 3. The van der Waals surface area contributed by atoms with Crippen molar-refractivity contribution in [2.24, 2.45) is 5.92 Å². The molecule has 1 saturated heterocycles. The SMILES string of the molecule is CCOC(=O)[C@H]1CCCN(C(=O)CSc2nc(CC(=O)OC)cc(=O)[nH]2)C1. The first-order valence-electron chi connectivity index (χ1n) is 8.67. The van der Waals surface area contributed by atoms with Crippen LogP contribution in [0.2, 0.25) is 0 Å². The summed E-state index contributed by atoms with van der Waals surface area (Å²) in [6.45, 7) is 2.99. The first kappa shape index (κ1) is 20.9. The number of ether oxygens (including phenoxy) is 2. The molecule has 0 unspecified atom stereocenters. The van der Waals surface area contributed by atoms with Gasteiger partial charge in [-0.25, -0.2) is 4.98 Å². The molecule has 27 heavy (non-hydrogen) atoms. The first-order chi connectivity index (χ1) is 12.9. The summed E-state index contributed by atoms with van der Waals surface area (Å²) in [5.74, 6) is -1.15. The number of hydrogen-bond acceptors (Lipinski definition) is 8. The average molecular weight is 397 g/mol. The minimum Gasteiger partial charge on any atom is -0.469 e. The van der Waals surface area contributed by atoms with Crippen molar-refractivity contribution >= 4 is 29.6 Å². The maximum absolute atomic E-state index is 12.5. The second kappa shape index (κ2) is 10.1. The molecule has 1 N–H and O–H groups in total. The molecule has 10 heteroatoms. The van der Waals surface area contributed by atoms with E-state index in [9.17, 15) is 19.2 Å². The third-order valence-corrected chi connectivity index (χ3v) is 4.91. The van der Waals surface area contributed by atoms with E-state index in [1.807, 2.05) is 0 Å². The number of aromatic amines is 1. The van der Waals surface area contributed by atoms with E-state index in [0.717, 1.165) is 18.2 Å². The molecule has 1 aromatic heterocycles. The number of carbonyl (C=O) groups is 3. The second-order valence-corrected chi connectivity index (χ2v) is 6.98. The van der Waals surface area contributed by atoms with Gasteiger partial charge in [-0.15, -0.1) is 0 Å². The van der Waals surface area contributed by atoms with Crippen LogP contribution in [0.25, 0.3) is 0 Å². The zero-order chi connectivity index (χ0) is 19.8. The minimum absolute atomic E-state index is 0.0696. The maximum Gasteiger partial charge on any atom is 0.311 e. The van der Waals surface area contributed by atoms with Crippen LogP contribution < -0.4 is 5.56 Å². The molecule has 1 aliphatic rings. The molecule has 148 valence electrons. The number of amides is 1. The van der Waals surface area contributed by atoms with Crippen LogP contribution in [0.5, 0.6) is 0 Å². The number of likely N-dealkylation sites (tertiary alicyclic amines) is 1. The Morgan fingerprint density at radius 1 is 1.41 bits per heavy atom. The fourth-order valence-electron chi connectivity index (χ4n) is 2.74. The lowest BCUT2D eigenvalue weighted by Crippen LogP contribution is -2.43. The van der Waals surface area contributed by atoms with Crippen LogP contribution in [0.15, 0.2) is 16.0 Å². The Kier molecular flexibility index (Phi) is 7.83. The number of hydrogen-bond donors (Lipinski definition) is 1. The molecule has 0 aliphatic carbocycles. The summed E-state index contributed by atoms with van der Waals surface area (Å²) >= 11 is 1.08. The van der Waals surface area contributed by atoms with Gasteiger partial charge in [0, 0.05) is 19.2 Å². The Hall–Kier alpha value is -2.36. The molecular formula is C17H23N3O6S.